The van der Waals surface area contributed by atoms with E-state index in [2.05, 4.69) is 10.6 Å². The van der Waals surface area contributed by atoms with Crippen LogP contribution in [0.4, 0.5) is 11.4 Å². The largest absolute Gasteiger partial charge is 0.508 e. The number of phenols is 1. The Morgan fingerprint density at radius 1 is 1.16 bits per heavy atom. The van der Waals surface area contributed by atoms with Crippen molar-refractivity contribution in [3.63, 3.8) is 0 Å². The second-order valence-electron chi connectivity index (χ2n) is 5.75. The van der Waals surface area contributed by atoms with Crippen molar-refractivity contribution in [2.24, 2.45) is 0 Å². The molecule has 0 spiro atoms. The average Bonchev–Trinajstić information content (AvgIpc) is 2.56. The number of anilines is 2. The first-order valence-corrected chi connectivity index (χ1v) is 8.55. The number of hydrogen-bond donors (Lipinski definition) is 3. The minimum Gasteiger partial charge on any atom is -0.508 e. The number of phenolic OH excluding ortho intramolecular Hbond substituents is 1. The summed E-state index contributed by atoms with van der Waals surface area (Å²) in [5.74, 6) is 0.140. The standard InChI is InChI=1S/C19H23N3O2S/c1-4-22(13(2)15-6-5-7-18(24)12-15)19(25)21-17-10-8-16(9-11-17)20-14(3)23/h5-13,24H,4H2,1-3H3,(H,20,23)(H,21,25). The van der Waals surface area contributed by atoms with E-state index in [9.17, 15) is 9.90 Å². The molecule has 0 bridgehead atoms. The fraction of sp³-hybridized carbons (Fsp3) is 0.263. The SMILES string of the molecule is CCN(C(=S)Nc1ccc(NC(C)=O)cc1)C(C)c1cccc(O)c1. The Morgan fingerprint density at radius 3 is 2.28 bits per heavy atom. The van der Waals surface area contributed by atoms with Crippen LogP contribution in [0.3, 0.4) is 0 Å². The molecule has 0 saturated carbocycles. The summed E-state index contributed by atoms with van der Waals surface area (Å²) in [6.07, 6.45) is 0. The number of aromatic hydroxyl groups is 1. The lowest BCUT2D eigenvalue weighted by molar-refractivity contribution is -0.114. The second-order valence-corrected chi connectivity index (χ2v) is 6.13. The van der Waals surface area contributed by atoms with E-state index in [1.165, 1.54) is 6.92 Å². The van der Waals surface area contributed by atoms with Gasteiger partial charge < -0.3 is 20.6 Å². The zero-order chi connectivity index (χ0) is 18.4. The minimum atomic E-state index is -0.103. The Bertz CT molecular complexity index is 747. The number of amides is 1. The summed E-state index contributed by atoms with van der Waals surface area (Å²) < 4.78 is 0. The Morgan fingerprint density at radius 2 is 1.76 bits per heavy atom. The van der Waals surface area contributed by atoms with Gasteiger partial charge in [-0.2, -0.15) is 0 Å². The van der Waals surface area contributed by atoms with Crippen molar-refractivity contribution in [1.29, 1.82) is 0 Å². The molecule has 0 radical (unpaired) electrons. The van der Waals surface area contributed by atoms with Gasteiger partial charge >= 0.3 is 0 Å². The first kappa shape index (κ1) is 18.7. The predicted octanol–water partition coefficient (Wildman–Crippen LogP) is 4.13. The average molecular weight is 357 g/mol. The van der Waals surface area contributed by atoms with Gasteiger partial charge in [0.1, 0.15) is 5.75 Å². The molecule has 0 aliphatic rings. The molecule has 1 amide bonds. The lowest BCUT2D eigenvalue weighted by atomic mass is 10.1. The number of hydrogen-bond acceptors (Lipinski definition) is 3. The third-order valence-corrected chi connectivity index (χ3v) is 4.21. The summed E-state index contributed by atoms with van der Waals surface area (Å²) in [6, 6.07) is 14.6. The summed E-state index contributed by atoms with van der Waals surface area (Å²) in [7, 11) is 0. The molecule has 3 N–H and O–H groups in total. The van der Waals surface area contributed by atoms with E-state index < -0.39 is 0 Å². The van der Waals surface area contributed by atoms with Crippen molar-refractivity contribution in [3.8, 4) is 5.75 Å². The van der Waals surface area contributed by atoms with Crippen LogP contribution in [-0.2, 0) is 4.79 Å². The molecular weight excluding hydrogens is 334 g/mol. The van der Waals surface area contributed by atoms with Crippen LogP contribution in [0.5, 0.6) is 5.75 Å². The first-order valence-electron chi connectivity index (χ1n) is 8.15. The van der Waals surface area contributed by atoms with Gasteiger partial charge in [-0.25, -0.2) is 0 Å². The second kappa shape index (κ2) is 8.48. The van der Waals surface area contributed by atoms with Crippen LogP contribution in [0, 0.1) is 0 Å². The van der Waals surface area contributed by atoms with Gasteiger partial charge in [-0.15, -0.1) is 0 Å². The van der Waals surface area contributed by atoms with Crippen molar-refractivity contribution >= 4 is 34.6 Å². The third kappa shape index (κ3) is 5.19. The number of carbonyl (C=O) groups is 1. The maximum atomic E-state index is 11.1. The number of thiocarbonyl (C=S) groups is 1. The maximum absolute atomic E-state index is 11.1. The molecule has 6 heteroatoms. The summed E-state index contributed by atoms with van der Waals surface area (Å²) in [4.78, 5) is 13.1. The Kier molecular flexibility index (Phi) is 6.36. The first-order chi connectivity index (χ1) is 11.9. The van der Waals surface area contributed by atoms with E-state index in [4.69, 9.17) is 12.2 Å². The van der Waals surface area contributed by atoms with Gasteiger partial charge in [0.05, 0.1) is 6.04 Å². The molecule has 0 aliphatic heterocycles. The van der Waals surface area contributed by atoms with Crippen molar-refractivity contribution in [2.45, 2.75) is 26.8 Å². The van der Waals surface area contributed by atoms with Gasteiger partial charge in [0.15, 0.2) is 5.11 Å². The minimum absolute atomic E-state index is 0.0238. The number of rotatable bonds is 5. The Hall–Kier alpha value is -2.60. The van der Waals surface area contributed by atoms with E-state index >= 15 is 0 Å². The number of nitrogens with one attached hydrogen (secondary N) is 2. The molecule has 0 fully saturated rings. The lowest BCUT2D eigenvalue weighted by Crippen LogP contribution is -2.36. The molecule has 0 saturated heterocycles. The van der Waals surface area contributed by atoms with E-state index in [1.54, 1.807) is 12.1 Å². The van der Waals surface area contributed by atoms with Gasteiger partial charge in [0.25, 0.3) is 0 Å². The van der Waals surface area contributed by atoms with Crippen LogP contribution in [0.1, 0.15) is 32.4 Å². The fourth-order valence-corrected chi connectivity index (χ4v) is 3.00. The highest BCUT2D eigenvalue weighted by atomic mass is 32.1. The van der Waals surface area contributed by atoms with E-state index in [0.29, 0.717) is 5.11 Å². The molecule has 1 atom stereocenters. The maximum Gasteiger partial charge on any atom is 0.221 e. The summed E-state index contributed by atoms with van der Waals surface area (Å²) >= 11 is 5.55. The number of benzene rings is 2. The molecule has 0 aliphatic carbocycles. The molecule has 2 aromatic rings. The molecule has 25 heavy (non-hydrogen) atoms. The normalized spacial score (nSPS) is 11.5. The van der Waals surface area contributed by atoms with Crippen molar-refractivity contribution < 1.29 is 9.90 Å². The van der Waals surface area contributed by atoms with Crippen LogP contribution in [0.2, 0.25) is 0 Å². The zero-order valence-corrected chi connectivity index (χ0v) is 15.4. The molecule has 132 valence electrons. The third-order valence-electron chi connectivity index (χ3n) is 3.88. The fourth-order valence-electron chi connectivity index (χ4n) is 2.59. The molecule has 2 rings (SSSR count). The molecule has 0 aromatic heterocycles. The van der Waals surface area contributed by atoms with Crippen molar-refractivity contribution in [3.05, 3.63) is 54.1 Å². The quantitative estimate of drug-likeness (QED) is 0.702. The molecule has 0 heterocycles. The van der Waals surface area contributed by atoms with Crippen molar-refractivity contribution in [1.82, 2.24) is 4.90 Å². The molecule has 5 nitrogen and oxygen atoms in total. The molecular formula is C19H23N3O2S. The summed E-state index contributed by atoms with van der Waals surface area (Å²) in [5, 5.41) is 16.2. The van der Waals surface area contributed by atoms with Crippen LogP contribution in [0.25, 0.3) is 0 Å². The monoisotopic (exact) mass is 357 g/mol. The smallest absolute Gasteiger partial charge is 0.221 e. The van der Waals surface area contributed by atoms with Crippen molar-refractivity contribution in [2.75, 3.05) is 17.2 Å². The van der Waals surface area contributed by atoms with Gasteiger partial charge in [0, 0.05) is 24.8 Å². The van der Waals surface area contributed by atoms with Gasteiger partial charge in [-0.3, -0.25) is 4.79 Å². The highest BCUT2D eigenvalue weighted by molar-refractivity contribution is 7.80. The van der Waals surface area contributed by atoms with E-state index in [-0.39, 0.29) is 17.7 Å². The highest BCUT2D eigenvalue weighted by Crippen LogP contribution is 2.24. The predicted molar refractivity (Wildman–Crippen MR) is 106 cm³/mol. The van der Waals surface area contributed by atoms with E-state index in [0.717, 1.165) is 23.5 Å². The van der Waals surface area contributed by atoms with Crippen LogP contribution < -0.4 is 10.6 Å². The Balaban J connectivity index is 2.07. The Labute approximate surface area is 153 Å². The topological polar surface area (TPSA) is 64.6 Å². The number of nitrogens with zero attached hydrogens (tertiary/aromatic N) is 1. The van der Waals surface area contributed by atoms with Crippen LogP contribution in [-0.4, -0.2) is 27.6 Å². The van der Waals surface area contributed by atoms with Gasteiger partial charge in [-0.1, -0.05) is 12.1 Å². The zero-order valence-electron chi connectivity index (χ0n) is 14.6. The highest BCUT2D eigenvalue weighted by Gasteiger charge is 2.17. The van der Waals surface area contributed by atoms with E-state index in [1.807, 2.05) is 55.1 Å². The van der Waals surface area contributed by atoms with Gasteiger partial charge in [0.2, 0.25) is 5.91 Å². The number of carbonyl (C=O) groups excluding carboxylic acids is 1. The van der Waals surface area contributed by atoms with Crippen LogP contribution >= 0.6 is 12.2 Å². The van der Waals surface area contributed by atoms with Crippen LogP contribution in [0.15, 0.2) is 48.5 Å². The van der Waals surface area contributed by atoms with Gasteiger partial charge in [-0.05, 0) is 68.0 Å². The lowest BCUT2D eigenvalue weighted by Gasteiger charge is -2.31. The molecule has 1 unspecified atom stereocenters. The summed E-state index contributed by atoms with van der Waals surface area (Å²) in [6.45, 7) is 6.29. The summed E-state index contributed by atoms with van der Waals surface area (Å²) in [5.41, 5.74) is 2.58. The molecule has 2 aromatic carbocycles.